The average molecular weight is 404 g/mol. The number of piperidine rings is 1. The number of aromatic nitrogens is 2. The van der Waals surface area contributed by atoms with E-state index in [0.29, 0.717) is 24.5 Å². The fourth-order valence-corrected chi connectivity index (χ4v) is 5.02. The number of rotatable bonds is 2. The molecule has 4 aromatic rings. The summed E-state index contributed by atoms with van der Waals surface area (Å²) in [5, 5.41) is 10.9. The highest BCUT2D eigenvalue weighted by atomic mass is 32.1. The summed E-state index contributed by atoms with van der Waals surface area (Å²) >= 11 is 1.58. The molecule has 5 rings (SSSR count). The number of aliphatic hydroxyl groups excluding tert-OH is 1. The molecule has 1 saturated heterocycles. The molecule has 0 saturated carbocycles. The zero-order valence-electron chi connectivity index (χ0n) is 15.7. The summed E-state index contributed by atoms with van der Waals surface area (Å²) in [4.78, 5) is 23.1. The van der Waals surface area contributed by atoms with E-state index in [0.717, 1.165) is 44.3 Å². The number of benzene rings is 2. The maximum Gasteiger partial charge on any atom is 0.253 e. The minimum Gasteiger partial charge on any atom is -0.391 e. The Morgan fingerprint density at radius 3 is 2.90 bits per heavy atom. The van der Waals surface area contributed by atoms with Gasteiger partial charge in [0.25, 0.3) is 5.91 Å². The van der Waals surface area contributed by atoms with Crippen molar-refractivity contribution in [3.05, 3.63) is 54.4 Å². The highest BCUT2D eigenvalue weighted by molar-refractivity contribution is 7.26. The molecule has 3 N–H and O–H groups in total. The molecule has 29 heavy (non-hydrogen) atoms. The van der Waals surface area contributed by atoms with Gasteiger partial charge >= 0.3 is 0 Å². The maximum atomic E-state index is 12.9. The normalized spacial score (nSPS) is 17.1. The zero-order valence-corrected chi connectivity index (χ0v) is 16.5. The van der Waals surface area contributed by atoms with Crippen LogP contribution >= 0.6 is 11.3 Å². The van der Waals surface area contributed by atoms with Gasteiger partial charge in [-0.25, -0.2) is 9.97 Å². The second-order valence-corrected chi connectivity index (χ2v) is 8.43. The first-order valence-corrected chi connectivity index (χ1v) is 10.4. The minimum atomic E-state index is -0.429. The summed E-state index contributed by atoms with van der Waals surface area (Å²) in [6, 6.07) is 13.9. The van der Waals surface area contributed by atoms with E-state index < -0.39 is 6.10 Å². The molecule has 1 aliphatic rings. The SMILES string of the molecule is Nc1ncnc2c1sc1cc(-c3cccc(C(=O)N4CCCC(O)C4)c3)ccc12. The van der Waals surface area contributed by atoms with Gasteiger partial charge in [0.05, 0.1) is 16.3 Å². The van der Waals surface area contributed by atoms with Crippen LogP contribution in [-0.4, -0.2) is 45.1 Å². The van der Waals surface area contributed by atoms with Crippen LogP contribution < -0.4 is 5.73 Å². The average Bonchev–Trinajstić information content (AvgIpc) is 3.13. The van der Waals surface area contributed by atoms with Crippen LogP contribution in [-0.2, 0) is 0 Å². The quantitative estimate of drug-likeness (QED) is 0.532. The molecule has 6 nitrogen and oxygen atoms in total. The lowest BCUT2D eigenvalue weighted by molar-refractivity contribution is 0.0474. The molecule has 1 aliphatic heterocycles. The summed E-state index contributed by atoms with van der Waals surface area (Å²) in [5.41, 5.74) is 9.53. The molecule has 0 radical (unpaired) electrons. The number of hydrogen-bond donors (Lipinski definition) is 2. The number of thiophene rings is 1. The Morgan fingerprint density at radius 2 is 2.03 bits per heavy atom. The van der Waals surface area contributed by atoms with Gasteiger partial charge in [-0.3, -0.25) is 4.79 Å². The Morgan fingerprint density at radius 1 is 1.17 bits per heavy atom. The second-order valence-electron chi connectivity index (χ2n) is 7.38. The van der Waals surface area contributed by atoms with Crippen LogP contribution in [0.25, 0.3) is 31.4 Å². The van der Waals surface area contributed by atoms with Crippen LogP contribution in [0.5, 0.6) is 0 Å². The van der Waals surface area contributed by atoms with Gasteiger partial charge in [0.2, 0.25) is 0 Å². The number of aliphatic hydroxyl groups is 1. The van der Waals surface area contributed by atoms with Crippen molar-refractivity contribution in [1.29, 1.82) is 0 Å². The first kappa shape index (κ1) is 18.0. The van der Waals surface area contributed by atoms with E-state index in [9.17, 15) is 9.90 Å². The topological polar surface area (TPSA) is 92.3 Å². The fourth-order valence-electron chi connectivity index (χ4n) is 3.93. The third kappa shape index (κ3) is 3.22. The third-order valence-corrected chi connectivity index (χ3v) is 6.57. The van der Waals surface area contributed by atoms with Gasteiger partial charge in [0, 0.05) is 28.7 Å². The Labute approximate surface area is 171 Å². The number of amides is 1. The molecule has 1 amide bonds. The Balaban J connectivity index is 1.51. The van der Waals surface area contributed by atoms with Crippen molar-refractivity contribution < 1.29 is 9.90 Å². The lowest BCUT2D eigenvalue weighted by atomic mass is 10.0. The van der Waals surface area contributed by atoms with Crippen LogP contribution in [0.2, 0.25) is 0 Å². The summed E-state index contributed by atoms with van der Waals surface area (Å²) in [7, 11) is 0. The molecule has 7 heteroatoms. The van der Waals surface area contributed by atoms with Gasteiger partial charge < -0.3 is 15.7 Å². The molecule has 0 spiro atoms. The van der Waals surface area contributed by atoms with Crippen molar-refractivity contribution in [2.45, 2.75) is 18.9 Å². The minimum absolute atomic E-state index is 0.0309. The lowest BCUT2D eigenvalue weighted by Crippen LogP contribution is -2.42. The van der Waals surface area contributed by atoms with Gasteiger partial charge in [-0.1, -0.05) is 24.3 Å². The monoisotopic (exact) mass is 404 g/mol. The predicted octanol–water partition coefficient (Wildman–Crippen LogP) is 3.69. The molecule has 146 valence electrons. The molecule has 1 fully saturated rings. The van der Waals surface area contributed by atoms with E-state index in [4.69, 9.17) is 5.73 Å². The van der Waals surface area contributed by atoms with Crippen LogP contribution in [0.1, 0.15) is 23.2 Å². The zero-order chi connectivity index (χ0) is 20.0. The second kappa shape index (κ2) is 7.09. The number of carbonyl (C=O) groups excluding carboxylic acids is 1. The van der Waals surface area contributed by atoms with Crippen molar-refractivity contribution in [2.75, 3.05) is 18.8 Å². The van der Waals surface area contributed by atoms with Gasteiger partial charge in [-0.15, -0.1) is 11.3 Å². The number of nitrogens with zero attached hydrogens (tertiary/aromatic N) is 3. The van der Waals surface area contributed by atoms with E-state index in [1.54, 1.807) is 16.2 Å². The summed E-state index contributed by atoms with van der Waals surface area (Å²) in [6.07, 6.45) is 2.65. The van der Waals surface area contributed by atoms with Crippen molar-refractivity contribution in [3.8, 4) is 11.1 Å². The molecular weight excluding hydrogens is 384 g/mol. The number of carbonyl (C=O) groups is 1. The number of fused-ring (bicyclic) bond motifs is 3. The number of likely N-dealkylation sites (tertiary alicyclic amines) is 1. The van der Waals surface area contributed by atoms with E-state index in [-0.39, 0.29) is 5.91 Å². The van der Waals surface area contributed by atoms with Crippen molar-refractivity contribution in [1.82, 2.24) is 14.9 Å². The summed E-state index contributed by atoms with van der Waals surface area (Å²) < 4.78 is 1.98. The van der Waals surface area contributed by atoms with Crippen LogP contribution in [0.15, 0.2) is 48.8 Å². The van der Waals surface area contributed by atoms with E-state index in [1.807, 2.05) is 36.4 Å². The number of hydrogen-bond acceptors (Lipinski definition) is 6. The highest BCUT2D eigenvalue weighted by Crippen LogP contribution is 2.37. The molecule has 1 unspecified atom stereocenters. The van der Waals surface area contributed by atoms with E-state index in [2.05, 4.69) is 16.0 Å². The largest absolute Gasteiger partial charge is 0.391 e. The van der Waals surface area contributed by atoms with Gasteiger partial charge in [-0.05, 0) is 42.2 Å². The van der Waals surface area contributed by atoms with Gasteiger partial charge in [0.1, 0.15) is 12.1 Å². The van der Waals surface area contributed by atoms with Crippen LogP contribution in [0.3, 0.4) is 0 Å². The van der Waals surface area contributed by atoms with Crippen molar-refractivity contribution >= 4 is 43.4 Å². The molecule has 2 aromatic carbocycles. The number of anilines is 1. The summed E-state index contributed by atoms with van der Waals surface area (Å²) in [6.45, 7) is 1.09. The van der Waals surface area contributed by atoms with Crippen LogP contribution in [0.4, 0.5) is 5.82 Å². The van der Waals surface area contributed by atoms with E-state index in [1.165, 1.54) is 6.33 Å². The van der Waals surface area contributed by atoms with Crippen molar-refractivity contribution in [2.24, 2.45) is 0 Å². The fraction of sp³-hybridized carbons (Fsp3) is 0.227. The third-order valence-electron chi connectivity index (χ3n) is 5.41. The molecular formula is C22H20N4O2S. The number of nitrogen functional groups attached to an aromatic ring is 1. The Bertz CT molecular complexity index is 1240. The Hall–Kier alpha value is -3.03. The molecule has 3 heterocycles. The number of β-amino-alcohol motifs (C(OH)–C–C–N with tert-alkyl or cyclic N) is 1. The standard InChI is InChI=1S/C22H20N4O2S/c23-21-20-19(24-12-25-21)17-7-6-14(10-18(17)29-20)13-3-1-4-15(9-13)22(28)26-8-2-5-16(27)11-26/h1,3-4,6-7,9-10,12,16,27H,2,5,8,11H2,(H2,23,24,25). The first-order chi connectivity index (χ1) is 14.1. The van der Waals surface area contributed by atoms with Crippen LogP contribution in [0, 0.1) is 0 Å². The van der Waals surface area contributed by atoms with Gasteiger partial charge in [-0.2, -0.15) is 0 Å². The maximum absolute atomic E-state index is 12.9. The smallest absolute Gasteiger partial charge is 0.253 e. The highest BCUT2D eigenvalue weighted by Gasteiger charge is 2.23. The van der Waals surface area contributed by atoms with Crippen molar-refractivity contribution in [3.63, 3.8) is 0 Å². The predicted molar refractivity (Wildman–Crippen MR) is 116 cm³/mol. The molecule has 0 aliphatic carbocycles. The number of nitrogens with two attached hydrogens (primary N) is 1. The van der Waals surface area contributed by atoms with E-state index >= 15 is 0 Å². The summed E-state index contributed by atoms with van der Waals surface area (Å²) in [5.74, 6) is 0.464. The molecule has 1 atom stereocenters. The van der Waals surface area contributed by atoms with Gasteiger partial charge in [0.15, 0.2) is 0 Å². The first-order valence-electron chi connectivity index (χ1n) is 9.60. The Kier molecular flexibility index (Phi) is 4.41. The molecule has 2 aromatic heterocycles. The molecule has 0 bridgehead atoms. The lowest BCUT2D eigenvalue weighted by Gasteiger charge is -2.30.